The van der Waals surface area contributed by atoms with Crippen molar-refractivity contribution in [3.05, 3.63) is 0 Å². The maximum atomic E-state index is 11.7. The van der Waals surface area contributed by atoms with Crippen molar-refractivity contribution in [1.82, 2.24) is 5.01 Å². The number of carbonyl (C=O) groups is 2. The minimum absolute atomic E-state index is 0.00590. The second-order valence-corrected chi connectivity index (χ2v) is 3.69. The lowest BCUT2D eigenvalue weighted by atomic mass is 9.79. The summed E-state index contributed by atoms with van der Waals surface area (Å²) in [5.74, 6) is -2.11. The average molecular weight is 243 g/mol. The fourth-order valence-corrected chi connectivity index (χ4v) is 1.35. The van der Waals surface area contributed by atoms with E-state index >= 15 is 0 Å². The van der Waals surface area contributed by atoms with Crippen LogP contribution in [0.4, 0.5) is 0 Å². The zero-order valence-electron chi connectivity index (χ0n) is 9.06. The minimum Gasteiger partial charge on any atom is -0.426 e. The Morgan fingerprint density at radius 3 is 2.71 bits per heavy atom. The molecule has 1 unspecified atom stereocenters. The van der Waals surface area contributed by atoms with E-state index in [0.717, 1.165) is 5.01 Å². The predicted molar refractivity (Wildman–Crippen MR) is 57.0 cm³/mol. The Bertz CT molecular complexity index is 336. The molecule has 1 heterocycles. The van der Waals surface area contributed by atoms with Crippen LogP contribution in [0, 0.1) is 0 Å². The highest BCUT2D eigenvalue weighted by atomic mass is 16.4. The number of nitrogens with two attached hydrogens (primary N) is 2. The fraction of sp³-hybridized carbons (Fsp3) is 0.714. The second kappa shape index (κ2) is 5.71. The van der Waals surface area contributed by atoms with E-state index in [1.807, 2.05) is 0 Å². The molecule has 0 aromatic heterocycles. The molecule has 2 amide bonds. The summed E-state index contributed by atoms with van der Waals surface area (Å²) >= 11 is 0. The average Bonchev–Trinajstić information content (AvgIpc) is 2.73. The molecule has 0 aliphatic carbocycles. The van der Waals surface area contributed by atoms with Gasteiger partial charge in [0, 0.05) is 6.42 Å². The van der Waals surface area contributed by atoms with Gasteiger partial charge >= 0.3 is 7.12 Å². The van der Waals surface area contributed by atoms with Gasteiger partial charge in [0.25, 0.3) is 5.91 Å². The third-order valence-corrected chi connectivity index (χ3v) is 2.33. The van der Waals surface area contributed by atoms with Crippen molar-refractivity contribution in [2.45, 2.75) is 24.8 Å². The number of amides is 2. The molecule has 0 spiro atoms. The molecular weight excluding hydrogens is 229 g/mol. The molecule has 0 aromatic rings. The molecule has 0 fully saturated rings. The molecule has 94 valence electrons. The van der Waals surface area contributed by atoms with Crippen molar-refractivity contribution in [1.29, 1.82) is 0 Å². The molecule has 0 bridgehead atoms. The molecule has 1 aliphatic heterocycles. The lowest BCUT2D eigenvalue weighted by Gasteiger charge is -2.21. The normalized spacial score (nSPS) is 20.4. The first-order chi connectivity index (χ1) is 7.93. The molecule has 2 atom stereocenters. The first kappa shape index (κ1) is 13.5. The summed E-state index contributed by atoms with van der Waals surface area (Å²) in [6, 6.07) is -0.971. The van der Waals surface area contributed by atoms with Gasteiger partial charge in [0.15, 0.2) is 0 Å². The molecule has 10 heteroatoms. The van der Waals surface area contributed by atoms with Gasteiger partial charge in [-0.3, -0.25) is 9.59 Å². The van der Waals surface area contributed by atoms with Crippen molar-refractivity contribution in [2.75, 3.05) is 6.54 Å². The van der Waals surface area contributed by atoms with Gasteiger partial charge in [-0.25, -0.2) is 5.01 Å². The van der Waals surface area contributed by atoms with E-state index in [9.17, 15) is 9.59 Å². The Morgan fingerprint density at radius 1 is 1.53 bits per heavy atom. The van der Waals surface area contributed by atoms with Crippen LogP contribution < -0.4 is 11.5 Å². The number of carbonyl (C=O) groups excluding carboxylic acids is 2. The van der Waals surface area contributed by atoms with Gasteiger partial charge in [0.2, 0.25) is 5.91 Å². The van der Waals surface area contributed by atoms with Crippen molar-refractivity contribution >= 4 is 18.9 Å². The van der Waals surface area contributed by atoms with Gasteiger partial charge in [0.1, 0.15) is 5.94 Å². The first-order valence-corrected chi connectivity index (χ1v) is 5.04. The molecule has 0 saturated carbocycles. The summed E-state index contributed by atoms with van der Waals surface area (Å²) in [4.78, 5) is 22.3. The van der Waals surface area contributed by atoms with Crippen LogP contribution in [0.1, 0.15) is 12.8 Å². The predicted octanol–water partition coefficient (Wildman–Crippen LogP) is -2.83. The maximum Gasteiger partial charge on any atom is 0.480 e. The Kier molecular flexibility index (Phi) is 4.55. The van der Waals surface area contributed by atoms with Crippen molar-refractivity contribution in [3.63, 3.8) is 0 Å². The Balaban J connectivity index is 2.56. The van der Waals surface area contributed by atoms with Crippen LogP contribution in [0.2, 0.25) is 0 Å². The molecule has 0 saturated heterocycles. The SMILES string of the molecule is NC(=O)CC[C@H](N)C(=O)N1N=NCC1B(O)O. The lowest BCUT2D eigenvalue weighted by Crippen LogP contribution is -2.51. The molecule has 6 N–H and O–H groups in total. The summed E-state index contributed by atoms with van der Waals surface area (Å²) in [6.07, 6.45) is 0.0542. The summed E-state index contributed by atoms with van der Waals surface area (Å²) < 4.78 is 0. The molecule has 17 heavy (non-hydrogen) atoms. The lowest BCUT2D eigenvalue weighted by molar-refractivity contribution is -0.133. The van der Waals surface area contributed by atoms with Gasteiger partial charge in [-0.15, -0.1) is 0 Å². The fourth-order valence-electron chi connectivity index (χ4n) is 1.35. The third kappa shape index (κ3) is 3.48. The standard InChI is InChI=1S/C7H14BN5O4/c9-4(1-2-6(10)14)7(15)13-5(8(16)17)3-11-12-13/h4-5,16-17H,1-3,9H2,(H2,10,14)/t4-,5?/m0/s1. The summed E-state index contributed by atoms with van der Waals surface area (Å²) in [5.41, 5.74) is 10.5. The highest BCUT2D eigenvalue weighted by molar-refractivity contribution is 6.43. The van der Waals surface area contributed by atoms with Crippen molar-refractivity contribution in [3.8, 4) is 0 Å². The van der Waals surface area contributed by atoms with E-state index in [2.05, 4.69) is 10.3 Å². The van der Waals surface area contributed by atoms with E-state index in [-0.39, 0.29) is 19.4 Å². The van der Waals surface area contributed by atoms with Gasteiger partial charge in [-0.05, 0) is 6.42 Å². The number of nitrogens with zero attached hydrogens (tertiary/aromatic N) is 3. The van der Waals surface area contributed by atoms with Gasteiger partial charge in [-0.2, -0.15) is 5.11 Å². The Morgan fingerprint density at radius 2 is 2.18 bits per heavy atom. The third-order valence-electron chi connectivity index (χ3n) is 2.33. The molecule has 0 radical (unpaired) electrons. The van der Waals surface area contributed by atoms with E-state index in [0.29, 0.717) is 0 Å². The summed E-state index contributed by atoms with van der Waals surface area (Å²) in [5, 5.41) is 25.8. The second-order valence-electron chi connectivity index (χ2n) is 3.69. The van der Waals surface area contributed by atoms with Gasteiger partial charge < -0.3 is 21.5 Å². The molecule has 9 nitrogen and oxygen atoms in total. The van der Waals surface area contributed by atoms with Crippen LogP contribution in [0.15, 0.2) is 10.3 Å². The minimum atomic E-state index is -1.74. The molecule has 0 aromatic carbocycles. The molecular formula is C7H14BN5O4. The van der Waals surface area contributed by atoms with Gasteiger partial charge in [-0.1, -0.05) is 5.22 Å². The van der Waals surface area contributed by atoms with Crippen molar-refractivity contribution < 1.29 is 19.6 Å². The van der Waals surface area contributed by atoms with Crippen molar-refractivity contribution in [2.24, 2.45) is 21.8 Å². The maximum absolute atomic E-state index is 11.7. The number of hydrogen-bond acceptors (Lipinski definition) is 7. The Hall–Kier alpha value is -1.52. The summed E-state index contributed by atoms with van der Waals surface area (Å²) in [7, 11) is -1.74. The van der Waals surface area contributed by atoms with Gasteiger partial charge in [0.05, 0.1) is 12.6 Å². The number of primary amides is 1. The highest BCUT2D eigenvalue weighted by Gasteiger charge is 2.38. The van der Waals surface area contributed by atoms with Crippen LogP contribution in [0.3, 0.4) is 0 Å². The quantitative estimate of drug-likeness (QED) is 0.383. The monoisotopic (exact) mass is 243 g/mol. The highest BCUT2D eigenvalue weighted by Crippen LogP contribution is 2.13. The summed E-state index contributed by atoms with van der Waals surface area (Å²) in [6.45, 7) is 0.00590. The molecule has 1 aliphatic rings. The largest absolute Gasteiger partial charge is 0.480 e. The smallest absolute Gasteiger partial charge is 0.426 e. The van der Waals surface area contributed by atoms with Crippen LogP contribution in [0.25, 0.3) is 0 Å². The number of rotatable bonds is 5. The van der Waals surface area contributed by atoms with E-state index < -0.39 is 30.9 Å². The zero-order chi connectivity index (χ0) is 13.0. The van der Waals surface area contributed by atoms with Crippen LogP contribution in [-0.4, -0.2) is 52.5 Å². The molecule has 1 rings (SSSR count). The number of hydrogen-bond donors (Lipinski definition) is 4. The zero-order valence-corrected chi connectivity index (χ0v) is 9.06. The van der Waals surface area contributed by atoms with E-state index in [1.54, 1.807) is 0 Å². The topological polar surface area (TPSA) is 155 Å². The Labute approximate surface area is 97.6 Å². The van der Waals surface area contributed by atoms with Crippen LogP contribution >= 0.6 is 0 Å². The first-order valence-electron chi connectivity index (χ1n) is 5.04. The van der Waals surface area contributed by atoms with Crippen LogP contribution in [0.5, 0.6) is 0 Å². The van der Waals surface area contributed by atoms with E-state index in [1.165, 1.54) is 0 Å². The van der Waals surface area contributed by atoms with E-state index in [4.69, 9.17) is 21.5 Å². The van der Waals surface area contributed by atoms with Crippen LogP contribution in [-0.2, 0) is 9.59 Å².